The number of hydrogen-bond donors (Lipinski definition) is 1. The highest BCUT2D eigenvalue weighted by atomic mass is 15.8. The fourth-order valence-corrected chi connectivity index (χ4v) is 2.26. The number of fused-ring (bicyclic) bond motifs is 1. The van der Waals surface area contributed by atoms with E-state index in [0.29, 0.717) is 5.56 Å². The van der Waals surface area contributed by atoms with E-state index < -0.39 is 0 Å². The van der Waals surface area contributed by atoms with E-state index >= 15 is 0 Å². The van der Waals surface area contributed by atoms with Crippen LogP contribution >= 0.6 is 0 Å². The predicted molar refractivity (Wildman–Crippen MR) is 75.2 cm³/mol. The minimum Gasteiger partial charge on any atom is -0.299 e. The van der Waals surface area contributed by atoms with Crippen LogP contribution in [0.2, 0.25) is 0 Å². The third-order valence-corrected chi connectivity index (χ3v) is 3.22. The van der Waals surface area contributed by atoms with Crippen LogP contribution < -0.4 is 10.4 Å². The second-order valence-electron chi connectivity index (χ2n) is 4.52. The van der Waals surface area contributed by atoms with Crippen LogP contribution in [0.5, 0.6) is 0 Å². The molecule has 1 N–H and O–H groups in total. The number of benzene rings is 2. The zero-order valence-corrected chi connectivity index (χ0v) is 10.7. The van der Waals surface area contributed by atoms with Crippen LogP contribution in [0.15, 0.2) is 48.5 Å². The molecular formula is C15H14N4. The van der Waals surface area contributed by atoms with Crippen molar-refractivity contribution in [3.8, 4) is 6.07 Å². The van der Waals surface area contributed by atoms with E-state index in [9.17, 15) is 0 Å². The van der Waals surface area contributed by atoms with E-state index in [1.807, 2.05) is 48.6 Å². The Hall–Kier alpha value is -2.51. The number of nitrogens with one attached hydrogen (secondary N) is 1. The van der Waals surface area contributed by atoms with Gasteiger partial charge in [0.25, 0.3) is 0 Å². The second-order valence-corrected chi connectivity index (χ2v) is 4.52. The Bertz CT molecular complexity index is 630. The van der Waals surface area contributed by atoms with Crippen molar-refractivity contribution in [3.63, 3.8) is 0 Å². The maximum atomic E-state index is 8.93. The lowest BCUT2D eigenvalue weighted by Crippen LogP contribution is -2.37. The van der Waals surface area contributed by atoms with Gasteiger partial charge in [0.1, 0.15) is 0 Å². The molecule has 3 rings (SSSR count). The molecule has 0 radical (unpaired) electrons. The van der Waals surface area contributed by atoms with Crippen molar-refractivity contribution in [3.05, 3.63) is 59.7 Å². The molecule has 0 unspecified atom stereocenters. The smallest absolute Gasteiger partial charge is 0.0992 e. The van der Waals surface area contributed by atoms with Gasteiger partial charge in [-0.1, -0.05) is 30.3 Å². The summed E-state index contributed by atoms with van der Waals surface area (Å²) >= 11 is 0. The van der Waals surface area contributed by atoms with Gasteiger partial charge in [0.2, 0.25) is 0 Å². The first-order chi connectivity index (χ1) is 9.28. The fourth-order valence-electron chi connectivity index (χ4n) is 2.26. The highest BCUT2D eigenvalue weighted by molar-refractivity contribution is 5.74. The molecule has 94 valence electrons. The molecule has 0 atom stereocenters. The molecule has 1 heterocycles. The predicted octanol–water partition coefficient (Wildman–Crippen LogP) is 2.75. The van der Waals surface area contributed by atoms with Crippen LogP contribution in [0.1, 0.15) is 11.1 Å². The first-order valence-electron chi connectivity index (χ1n) is 6.14. The van der Waals surface area contributed by atoms with Gasteiger partial charge >= 0.3 is 0 Å². The molecule has 0 amide bonds. The van der Waals surface area contributed by atoms with Gasteiger partial charge in [-0.2, -0.15) is 5.26 Å². The zero-order chi connectivity index (χ0) is 13.2. The van der Waals surface area contributed by atoms with E-state index in [4.69, 9.17) is 5.26 Å². The Kier molecular flexibility index (Phi) is 2.82. The number of nitriles is 1. The third-order valence-electron chi connectivity index (χ3n) is 3.22. The fraction of sp³-hybridized carbons (Fsp3) is 0.133. The summed E-state index contributed by atoms with van der Waals surface area (Å²) < 4.78 is 0. The Labute approximate surface area is 112 Å². The summed E-state index contributed by atoms with van der Waals surface area (Å²) in [6, 6.07) is 18.2. The molecule has 0 spiro atoms. The van der Waals surface area contributed by atoms with Crippen molar-refractivity contribution >= 4 is 11.4 Å². The maximum Gasteiger partial charge on any atom is 0.0992 e. The van der Waals surface area contributed by atoms with Gasteiger partial charge in [-0.05, 0) is 23.8 Å². The van der Waals surface area contributed by atoms with Gasteiger partial charge < -0.3 is 0 Å². The summed E-state index contributed by atoms with van der Waals surface area (Å²) in [6.07, 6.45) is 0. The van der Waals surface area contributed by atoms with Crippen molar-refractivity contribution < 1.29 is 0 Å². The van der Waals surface area contributed by atoms with Crippen molar-refractivity contribution in [2.75, 3.05) is 17.5 Å². The van der Waals surface area contributed by atoms with E-state index in [0.717, 1.165) is 17.9 Å². The Morgan fingerprint density at radius 1 is 1.16 bits per heavy atom. The molecule has 0 aliphatic carbocycles. The SMILES string of the molecule is CN1Nc2cc(C#N)ccc2N1Cc1ccccc1. The molecule has 2 aromatic carbocycles. The minimum atomic E-state index is 0.668. The molecule has 0 fully saturated rings. The molecule has 0 saturated heterocycles. The van der Waals surface area contributed by atoms with E-state index in [-0.39, 0.29) is 0 Å². The highest BCUT2D eigenvalue weighted by Gasteiger charge is 2.23. The van der Waals surface area contributed by atoms with Crippen molar-refractivity contribution in [1.29, 1.82) is 5.26 Å². The summed E-state index contributed by atoms with van der Waals surface area (Å²) in [7, 11) is 1.97. The summed E-state index contributed by atoms with van der Waals surface area (Å²) in [5.41, 5.74) is 7.22. The Morgan fingerprint density at radius 2 is 1.95 bits per heavy atom. The standard InChI is InChI=1S/C15H14N4/c1-18-17-14-9-13(10-16)7-8-15(14)19(18)11-12-5-3-2-4-6-12/h2-9,17H,11H2,1H3. The summed E-state index contributed by atoms with van der Waals surface area (Å²) in [5.74, 6) is 0. The Balaban J connectivity index is 1.91. The summed E-state index contributed by atoms with van der Waals surface area (Å²) in [4.78, 5) is 0. The normalized spacial score (nSPS) is 13.8. The van der Waals surface area contributed by atoms with Gasteiger partial charge in [-0.15, -0.1) is 5.12 Å². The number of rotatable bonds is 2. The lowest BCUT2D eigenvalue weighted by Gasteiger charge is -2.25. The number of anilines is 2. The van der Waals surface area contributed by atoms with Crippen LogP contribution in [-0.4, -0.2) is 12.2 Å². The molecule has 4 nitrogen and oxygen atoms in total. The molecule has 2 aromatic rings. The third kappa shape index (κ3) is 2.12. The van der Waals surface area contributed by atoms with Crippen LogP contribution in [-0.2, 0) is 6.54 Å². The summed E-state index contributed by atoms with van der Waals surface area (Å²) in [5, 5.41) is 13.0. The van der Waals surface area contributed by atoms with Crippen molar-refractivity contribution in [2.45, 2.75) is 6.54 Å². The quantitative estimate of drug-likeness (QED) is 0.890. The van der Waals surface area contributed by atoms with Crippen LogP contribution in [0.3, 0.4) is 0 Å². The topological polar surface area (TPSA) is 42.3 Å². The highest BCUT2D eigenvalue weighted by Crippen LogP contribution is 2.34. The molecule has 0 bridgehead atoms. The van der Waals surface area contributed by atoms with Gasteiger partial charge in [-0.25, -0.2) is 0 Å². The minimum absolute atomic E-state index is 0.668. The van der Waals surface area contributed by atoms with E-state index in [2.05, 4.69) is 28.6 Å². The lowest BCUT2D eigenvalue weighted by atomic mass is 10.1. The van der Waals surface area contributed by atoms with Crippen molar-refractivity contribution in [2.24, 2.45) is 0 Å². The maximum absolute atomic E-state index is 8.93. The summed E-state index contributed by atoms with van der Waals surface area (Å²) in [6.45, 7) is 0.795. The number of hydrogen-bond acceptors (Lipinski definition) is 4. The van der Waals surface area contributed by atoms with Crippen LogP contribution in [0.4, 0.5) is 11.4 Å². The van der Waals surface area contributed by atoms with E-state index in [1.54, 1.807) is 0 Å². The molecular weight excluding hydrogens is 236 g/mol. The molecule has 0 aromatic heterocycles. The number of nitrogens with zero attached hydrogens (tertiary/aromatic N) is 3. The average Bonchev–Trinajstić information content (AvgIpc) is 2.75. The largest absolute Gasteiger partial charge is 0.299 e. The molecule has 19 heavy (non-hydrogen) atoms. The first kappa shape index (κ1) is 11.6. The zero-order valence-electron chi connectivity index (χ0n) is 10.7. The van der Waals surface area contributed by atoms with Crippen LogP contribution in [0, 0.1) is 11.3 Å². The van der Waals surface area contributed by atoms with Gasteiger partial charge in [0.05, 0.1) is 29.6 Å². The lowest BCUT2D eigenvalue weighted by molar-refractivity contribution is 0.381. The van der Waals surface area contributed by atoms with E-state index in [1.165, 1.54) is 5.56 Å². The number of hydrazine groups is 2. The Morgan fingerprint density at radius 3 is 2.68 bits per heavy atom. The van der Waals surface area contributed by atoms with Crippen molar-refractivity contribution in [1.82, 2.24) is 5.12 Å². The van der Waals surface area contributed by atoms with Crippen LogP contribution in [0.25, 0.3) is 0 Å². The van der Waals surface area contributed by atoms with Gasteiger partial charge in [-0.3, -0.25) is 10.4 Å². The first-order valence-corrected chi connectivity index (χ1v) is 6.14. The van der Waals surface area contributed by atoms with Gasteiger partial charge in [0.15, 0.2) is 0 Å². The average molecular weight is 250 g/mol. The molecule has 1 aliphatic rings. The molecule has 1 aliphatic heterocycles. The van der Waals surface area contributed by atoms with Gasteiger partial charge in [0, 0.05) is 7.05 Å². The molecule has 0 saturated carbocycles. The molecule has 4 heteroatoms. The monoisotopic (exact) mass is 250 g/mol. The second kappa shape index (κ2) is 4.63.